The molecule has 1 aromatic carbocycles. The minimum Gasteiger partial charge on any atom is -0.490 e. The number of ether oxygens (including phenoxy) is 1. The standard InChI is InChI=1S/C11H13ClN2O3/c1-13-8-7(12)5-6(11(15)16)10-9(8)14-3-2-4-17-10/h5,13-14H,2-4H2,1H3,(H,15,16). The SMILES string of the molecule is CNc1c(Cl)cc(C(=O)O)c2c1NCCCO2. The molecule has 0 aliphatic carbocycles. The van der Waals surface area contributed by atoms with Crippen LogP contribution in [0, 0.1) is 0 Å². The Bertz CT molecular complexity index is 463. The summed E-state index contributed by atoms with van der Waals surface area (Å²) in [5.74, 6) is -0.696. The summed E-state index contributed by atoms with van der Waals surface area (Å²) in [7, 11) is 1.73. The predicted molar refractivity (Wildman–Crippen MR) is 66.6 cm³/mol. The molecule has 0 aromatic heterocycles. The van der Waals surface area contributed by atoms with Crippen molar-refractivity contribution in [1.29, 1.82) is 0 Å². The van der Waals surface area contributed by atoms with Gasteiger partial charge in [0.05, 0.1) is 17.3 Å². The van der Waals surface area contributed by atoms with Crippen molar-refractivity contribution in [1.82, 2.24) is 0 Å². The number of rotatable bonds is 2. The third-order valence-corrected chi connectivity index (χ3v) is 2.88. The van der Waals surface area contributed by atoms with E-state index in [4.69, 9.17) is 21.4 Å². The number of carboxylic acids is 1. The van der Waals surface area contributed by atoms with Crippen molar-refractivity contribution in [3.8, 4) is 5.75 Å². The second kappa shape index (κ2) is 4.71. The zero-order valence-corrected chi connectivity index (χ0v) is 10.1. The van der Waals surface area contributed by atoms with Gasteiger partial charge in [-0.2, -0.15) is 0 Å². The molecule has 1 heterocycles. The van der Waals surface area contributed by atoms with Crippen molar-refractivity contribution in [3.05, 3.63) is 16.7 Å². The van der Waals surface area contributed by atoms with Crippen LogP contribution in [-0.2, 0) is 0 Å². The van der Waals surface area contributed by atoms with Crippen LogP contribution in [0.5, 0.6) is 5.75 Å². The maximum absolute atomic E-state index is 11.2. The number of anilines is 2. The van der Waals surface area contributed by atoms with E-state index < -0.39 is 5.97 Å². The van der Waals surface area contributed by atoms with Gasteiger partial charge in [-0.3, -0.25) is 0 Å². The van der Waals surface area contributed by atoms with Gasteiger partial charge in [-0.15, -0.1) is 0 Å². The molecule has 0 spiro atoms. The number of fused-ring (bicyclic) bond motifs is 1. The second-order valence-electron chi connectivity index (χ2n) is 3.67. The lowest BCUT2D eigenvalue weighted by Crippen LogP contribution is -2.07. The molecule has 0 saturated heterocycles. The second-order valence-corrected chi connectivity index (χ2v) is 4.08. The van der Waals surface area contributed by atoms with Crippen LogP contribution in [0.2, 0.25) is 5.02 Å². The number of carboxylic acid groups (broad SMARTS) is 1. The molecule has 0 atom stereocenters. The third kappa shape index (κ3) is 2.10. The van der Waals surface area contributed by atoms with Crippen molar-refractivity contribution < 1.29 is 14.6 Å². The monoisotopic (exact) mass is 256 g/mol. The van der Waals surface area contributed by atoms with E-state index in [9.17, 15) is 4.79 Å². The zero-order chi connectivity index (χ0) is 12.4. The highest BCUT2D eigenvalue weighted by molar-refractivity contribution is 6.34. The van der Waals surface area contributed by atoms with Gasteiger partial charge in [0, 0.05) is 13.6 Å². The number of nitrogens with one attached hydrogen (secondary N) is 2. The van der Waals surface area contributed by atoms with Crippen LogP contribution >= 0.6 is 11.6 Å². The largest absolute Gasteiger partial charge is 0.490 e. The fourth-order valence-corrected chi connectivity index (χ4v) is 2.11. The first kappa shape index (κ1) is 11.9. The van der Waals surface area contributed by atoms with Crippen LogP contribution in [0.3, 0.4) is 0 Å². The van der Waals surface area contributed by atoms with Gasteiger partial charge in [-0.05, 0) is 12.5 Å². The number of hydrogen-bond acceptors (Lipinski definition) is 4. The van der Waals surface area contributed by atoms with Crippen LogP contribution in [0.25, 0.3) is 0 Å². The molecule has 17 heavy (non-hydrogen) atoms. The quantitative estimate of drug-likeness (QED) is 0.757. The van der Waals surface area contributed by atoms with E-state index in [0.717, 1.165) is 13.0 Å². The van der Waals surface area contributed by atoms with Crippen LogP contribution < -0.4 is 15.4 Å². The Kier molecular flexibility index (Phi) is 3.28. The van der Waals surface area contributed by atoms with E-state index in [2.05, 4.69) is 10.6 Å². The van der Waals surface area contributed by atoms with E-state index in [0.29, 0.717) is 28.8 Å². The zero-order valence-electron chi connectivity index (χ0n) is 9.34. The first-order valence-corrected chi connectivity index (χ1v) is 5.67. The van der Waals surface area contributed by atoms with Crippen LogP contribution in [-0.4, -0.2) is 31.3 Å². The molecule has 0 fully saturated rings. The van der Waals surface area contributed by atoms with Gasteiger partial charge in [0.2, 0.25) is 0 Å². The Hall–Kier alpha value is -1.62. The minimum absolute atomic E-state index is 0.0819. The molecule has 0 radical (unpaired) electrons. The average Bonchev–Trinajstić information content (AvgIpc) is 2.53. The lowest BCUT2D eigenvalue weighted by atomic mass is 10.1. The fourth-order valence-electron chi connectivity index (χ4n) is 1.81. The van der Waals surface area contributed by atoms with Gasteiger partial charge in [0.15, 0.2) is 5.75 Å². The number of hydrogen-bond donors (Lipinski definition) is 3. The Morgan fingerprint density at radius 2 is 2.41 bits per heavy atom. The molecule has 0 unspecified atom stereocenters. The van der Waals surface area contributed by atoms with Crippen LogP contribution in [0.1, 0.15) is 16.8 Å². The van der Waals surface area contributed by atoms with Crippen LogP contribution in [0.4, 0.5) is 11.4 Å². The van der Waals surface area contributed by atoms with Crippen LogP contribution in [0.15, 0.2) is 6.07 Å². The molecule has 1 aromatic rings. The summed E-state index contributed by atoms with van der Waals surface area (Å²) in [4.78, 5) is 11.2. The van der Waals surface area contributed by atoms with E-state index in [1.165, 1.54) is 6.07 Å². The predicted octanol–water partition coefficient (Wildman–Crippen LogP) is 2.27. The molecular weight excluding hydrogens is 244 g/mol. The molecule has 1 aliphatic rings. The molecule has 6 heteroatoms. The normalized spacial score (nSPS) is 14.0. The average molecular weight is 257 g/mol. The van der Waals surface area contributed by atoms with Crippen molar-refractivity contribution in [2.24, 2.45) is 0 Å². The summed E-state index contributed by atoms with van der Waals surface area (Å²) >= 11 is 6.04. The molecule has 0 bridgehead atoms. The van der Waals surface area contributed by atoms with Crippen molar-refractivity contribution in [2.75, 3.05) is 30.8 Å². The number of carbonyl (C=O) groups is 1. The van der Waals surface area contributed by atoms with E-state index in [1.807, 2.05) is 0 Å². The smallest absolute Gasteiger partial charge is 0.339 e. The fraction of sp³-hybridized carbons (Fsp3) is 0.364. The summed E-state index contributed by atoms with van der Waals surface area (Å²) in [5.41, 5.74) is 1.36. The summed E-state index contributed by atoms with van der Waals surface area (Å²) < 4.78 is 5.50. The van der Waals surface area contributed by atoms with E-state index in [1.54, 1.807) is 7.05 Å². The first-order valence-electron chi connectivity index (χ1n) is 5.29. The van der Waals surface area contributed by atoms with Gasteiger partial charge >= 0.3 is 5.97 Å². The molecule has 0 amide bonds. The summed E-state index contributed by atoms with van der Waals surface area (Å²) in [6, 6.07) is 1.40. The van der Waals surface area contributed by atoms with E-state index >= 15 is 0 Å². The van der Waals surface area contributed by atoms with Crippen molar-refractivity contribution in [2.45, 2.75) is 6.42 Å². The lowest BCUT2D eigenvalue weighted by Gasteiger charge is -2.16. The molecule has 92 valence electrons. The summed E-state index contributed by atoms with van der Waals surface area (Å²) in [6.07, 6.45) is 0.814. The Morgan fingerprint density at radius 1 is 1.65 bits per heavy atom. The number of benzene rings is 1. The maximum Gasteiger partial charge on any atom is 0.339 e. The Labute approximate surface area is 104 Å². The topological polar surface area (TPSA) is 70.6 Å². The highest BCUT2D eigenvalue weighted by Gasteiger charge is 2.23. The summed E-state index contributed by atoms with van der Waals surface area (Å²) in [6.45, 7) is 1.21. The molecular formula is C11H13ClN2O3. The number of halogens is 1. The van der Waals surface area contributed by atoms with Gasteiger partial charge < -0.3 is 20.5 Å². The van der Waals surface area contributed by atoms with Gasteiger partial charge in [-0.1, -0.05) is 11.6 Å². The maximum atomic E-state index is 11.2. The van der Waals surface area contributed by atoms with Gasteiger partial charge in [0.25, 0.3) is 0 Å². The van der Waals surface area contributed by atoms with Gasteiger partial charge in [-0.25, -0.2) is 4.79 Å². The minimum atomic E-state index is -1.05. The molecule has 2 rings (SSSR count). The molecule has 0 saturated carbocycles. The first-order chi connectivity index (χ1) is 8.15. The highest BCUT2D eigenvalue weighted by Crippen LogP contribution is 2.42. The Morgan fingerprint density at radius 3 is 3.06 bits per heavy atom. The third-order valence-electron chi connectivity index (χ3n) is 2.58. The van der Waals surface area contributed by atoms with E-state index in [-0.39, 0.29) is 5.56 Å². The Balaban J connectivity index is 2.65. The number of aromatic carboxylic acids is 1. The molecule has 1 aliphatic heterocycles. The van der Waals surface area contributed by atoms with Gasteiger partial charge in [0.1, 0.15) is 11.3 Å². The molecule has 5 nitrogen and oxygen atoms in total. The van der Waals surface area contributed by atoms with Crippen molar-refractivity contribution in [3.63, 3.8) is 0 Å². The van der Waals surface area contributed by atoms with Crippen molar-refractivity contribution >= 4 is 28.9 Å². The highest BCUT2D eigenvalue weighted by atomic mass is 35.5. The molecule has 3 N–H and O–H groups in total. The lowest BCUT2D eigenvalue weighted by molar-refractivity contribution is 0.0692. The summed E-state index contributed by atoms with van der Waals surface area (Å²) in [5, 5.41) is 15.6.